The minimum atomic E-state index is 0.466. The van der Waals surface area contributed by atoms with Gasteiger partial charge in [0.1, 0.15) is 0 Å². The number of nitrogens with two attached hydrogens (primary N) is 1. The molecule has 0 amide bonds. The zero-order chi connectivity index (χ0) is 13.2. The summed E-state index contributed by atoms with van der Waals surface area (Å²) in [4.78, 5) is 1.15. The number of rotatable bonds is 3. The van der Waals surface area contributed by atoms with Crippen LogP contribution in [0.3, 0.4) is 0 Å². The van der Waals surface area contributed by atoms with Crippen LogP contribution in [0.2, 0.25) is 0 Å². The molecule has 1 aromatic carbocycles. The van der Waals surface area contributed by atoms with Crippen molar-refractivity contribution in [3.8, 4) is 17.1 Å². The smallest absolute Gasteiger partial charge is 0.172 e. The molecule has 0 aliphatic carbocycles. The quantitative estimate of drug-likeness (QED) is 0.742. The highest BCUT2D eigenvalue weighted by Gasteiger charge is 2.15. The van der Waals surface area contributed by atoms with Crippen LogP contribution < -0.4 is 5.73 Å². The van der Waals surface area contributed by atoms with E-state index < -0.39 is 0 Å². The lowest BCUT2D eigenvalue weighted by atomic mass is 10.3. The summed E-state index contributed by atoms with van der Waals surface area (Å²) < 4.78 is 6.90. The fraction of sp³-hybridized carbons (Fsp3) is 0.0769. The molecule has 0 bridgehead atoms. The summed E-state index contributed by atoms with van der Waals surface area (Å²) >= 11 is 1.67. The predicted octanol–water partition coefficient (Wildman–Crippen LogP) is 2.83. The lowest BCUT2D eigenvalue weighted by Gasteiger charge is -2.04. The van der Waals surface area contributed by atoms with Crippen molar-refractivity contribution in [1.29, 1.82) is 0 Å². The molecule has 0 atom stereocenters. The molecule has 0 saturated heterocycles. The molecule has 0 aliphatic rings. The second-order valence-corrected chi connectivity index (χ2v) is 4.79. The number of anilines is 1. The van der Waals surface area contributed by atoms with Crippen LogP contribution in [0, 0.1) is 0 Å². The molecule has 0 aliphatic heterocycles. The third kappa shape index (κ3) is 2.10. The highest BCUT2D eigenvalue weighted by Crippen LogP contribution is 2.26. The van der Waals surface area contributed by atoms with E-state index in [2.05, 4.69) is 10.3 Å². The average Bonchev–Trinajstić information content (AvgIpc) is 3.08. The van der Waals surface area contributed by atoms with Crippen LogP contribution in [0.1, 0.15) is 0 Å². The standard InChI is InChI=1S/C13H12N4OS/c1-19-10-5-2-4-9(8-10)17-13(14)12(15-16-17)11-6-3-7-18-11/h2-8H,14H2,1H3. The van der Waals surface area contributed by atoms with E-state index in [1.54, 1.807) is 28.8 Å². The molecule has 3 rings (SSSR count). The molecule has 5 nitrogen and oxygen atoms in total. The Morgan fingerprint density at radius 1 is 1.26 bits per heavy atom. The number of hydrogen-bond acceptors (Lipinski definition) is 5. The van der Waals surface area contributed by atoms with E-state index in [-0.39, 0.29) is 0 Å². The SMILES string of the molecule is CSc1cccc(-n2nnc(-c3ccco3)c2N)c1. The molecule has 2 aromatic heterocycles. The molecule has 0 saturated carbocycles. The fourth-order valence-electron chi connectivity index (χ4n) is 1.81. The monoisotopic (exact) mass is 272 g/mol. The molecule has 0 radical (unpaired) electrons. The number of benzene rings is 1. The van der Waals surface area contributed by atoms with Crippen LogP contribution in [0.4, 0.5) is 5.82 Å². The normalized spacial score (nSPS) is 10.8. The van der Waals surface area contributed by atoms with Gasteiger partial charge in [-0.25, -0.2) is 0 Å². The summed E-state index contributed by atoms with van der Waals surface area (Å²) in [5.41, 5.74) is 7.53. The van der Waals surface area contributed by atoms with E-state index in [1.165, 1.54) is 0 Å². The van der Waals surface area contributed by atoms with Gasteiger partial charge in [0.05, 0.1) is 12.0 Å². The Morgan fingerprint density at radius 3 is 2.89 bits per heavy atom. The number of aromatic nitrogens is 3. The predicted molar refractivity (Wildman–Crippen MR) is 75.3 cm³/mol. The molecule has 0 spiro atoms. The Kier molecular flexibility index (Phi) is 3.00. The van der Waals surface area contributed by atoms with E-state index in [9.17, 15) is 0 Å². The Bertz CT molecular complexity index is 690. The third-order valence-corrected chi connectivity index (χ3v) is 3.48. The van der Waals surface area contributed by atoms with Gasteiger partial charge in [-0.3, -0.25) is 0 Å². The van der Waals surface area contributed by atoms with Crippen molar-refractivity contribution < 1.29 is 4.42 Å². The maximum absolute atomic E-state index is 6.09. The molecule has 6 heteroatoms. The highest BCUT2D eigenvalue weighted by molar-refractivity contribution is 7.98. The Balaban J connectivity index is 2.07. The average molecular weight is 272 g/mol. The lowest BCUT2D eigenvalue weighted by molar-refractivity contribution is 0.580. The van der Waals surface area contributed by atoms with Crippen molar-refractivity contribution in [1.82, 2.24) is 15.0 Å². The van der Waals surface area contributed by atoms with Crippen LogP contribution in [-0.4, -0.2) is 21.2 Å². The molecule has 2 heterocycles. The third-order valence-electron chi connectivity index (χ3n) is 2.76. The summed E-state index contributed by atoms with van der Waals surface area (Å²) in [6.45, 7) is 0. The molecule has 19 heavy (non-hydrogen) atoms. The maximum atomic E-state index is 6.09. The van der Waals surface area contributed by atoms with Crippen molar-refractivity contribution in [3.63, 3.8) is 0 Å². The van der Waals surface area contributed by atoms with Gasteiger partial charge in [-0.15, -0.1) is 16.9 Å². The Hall–Kier alpha value is -2.21. The van der Waals surface area contributed by atoms with Crippen molar-refractivity contribution in [2.75, 3.05) is 12.0 Å². The molecule has 3 aromatic rings. The molecule has 96 valence electrons. The topological polar surface area (TPSA) is 69.9 Å². The van der Waals surface area contributed by atoms with Crippen LogP contribution >= 0.6 is 11.8 Å². The first-order valence-corrected chi connectivity index (χ1v) is 6.91. The van der Waals surface area contributed by atoms with Crippen LogP contribution in [0.5, 0.6) is 0 Å². The summed E-state index contributed by atoms with van der Waals surface area (Å²) in [6, 6.07) is 11.6. The van der Waals surface area contributed by atoms with Crippen molar-refractivity contribution >= 4 is 17.6 Å². The molecular formula is C13H12N4OS. The Morgan fingerprint density at radius 2 is 2.16 bits per heavy atom. The first kappa shape index (κ1) is 11.9. The first-order valence-electron chi connectivity index (χ1n) is 5.69. The first-order chi connectivity index (χ1) is 9.29. The second-order valence-electron chi connectivity index (χ2n) is 3.91. The number of nitrogens with zero attached hydrogens (tertiary/aromatic N) is 3. The number of thioether (sulfide) groups is 1. The number of hydrogen-bond donors (Lipinski definition) is 1. The summed E-state index contributed by atoms with van der Waals surface area (Å²) in [5, 5.41) is 8.17. The van der Waals surface area contributed by atoms with Crippen LogP contribution in [-0.2, 0) is 0 Å². The van der Waals surface area contributed by atoms with E-state index >= 15 is 0 Å². The minimum absolute atomic E-state index is 0.466. The summed E-state index contributed by atoms with van der Waals surface area (Å²) in [5.74, 6) is 1.08. The van der Waals surface area contributed by atoms with Crippen molar-refractivity contribution in [2.24, 2.45) is 0 Å². The van der Waals surface area contributed by atoms with E-state index in [4.69, 9.17) is 10.2 Å². The Labute approximate surface area is 114 Å². The van der Waals surface area contributed by atoms with E-state index in [1.807, 2.05) is 36.6 Å². The molecule has 0 fully saturated rings. The van der Waals surface area contributed by atoms with Gasteiger partial charge in [0, 0.05) is 4.90 Å². The van der Waals surface area contributed by atoms with Crippen molar-refractivity contribution in [2.45, 2.75) is 4.90 Å². The van der Waals surface area contributed by atoms with Gasteiger partial charge in [0.25, 0.3) is 0 Å². The van der Waals surface area contributed by atoms with Crippen LogP contribution in [0.25, 0.3) is 17.1 Å². The minimum Gasteiger partial charge on any atom is -0.463 e. The molecule has 0 unspecified atom stereocenters. The number of furan rings is 1. The fourth-order valence-corrected chi connectivity index (χ4v) is 2.26. The maximum Gasteiger partial charge on any atom is 0.172 e. The largest absolute Gasteiger partial charge is 0.463 e. The van der Waals surface area contributed by atoms with Gasteiger partial charge in [0.2, 0.25) is 0 Å². The van der Waals surface area contributed by atoms with Gasteiger partial charge in [-0.05, 0) is 36.6 Å². The molecular weight excluding hydrogens is 260 g/mol. The van der Waals surface area contributed by atoms with Crippen LogP contribution in [0.15, 0.2) is 52.0 Å². The zero-order valence-electron chi connectivity index (χ0n) is 10.3. The van der Waals surface area contributed by atoms with Gasteiger partial charge in [-0.2, -0.15) is 4.68 Å². The summed E-state index contributed by atoms with van der Waals surface area (Å²) in [7, 11) is 0. The highest BCUT2D eigenvalue weighted by atomic mass is 32.2. The summed E-state index contributed by atoms with van der Waals surface area (Å²) in [6.07, 6.45) is 3.61. The lowest BCUT2D eigenvalue weighted by Crippen LogP contribution is -2.02. The molecule has 2 N–H and O–H groups in total. The zero-order valence-corrected chi connectivity index (χ0v) is 11.1. The van der Waals surface area contributed by atoms with Gasteiger partial charge in [-0.1, -0.05) is 11.3 Å². The van der Waals surface area contributed by atoms with Crippen molar-refractivity contribution in [3.05, 3.63) is 42.7 Å². The van der Waals surface area contributed by atoms with Gasteiger partial charge >= 0.3 is 0 Å². The van der Waals surface area contributed by atoms with Gasteiger partial charge < -0.3 is 10.2 Å². The van der Waals surface area contributed by atoms with E-state index in [0.717, 1.165) is 10.6 Å². The number of nitrogen functional groups attached to an aromatic ring is 1. The second kappa shape index (κ2) is 4.81. The van der Waals surface area contributed by atoms with E-state index in [0.29, 0.717) is 17.3 Å². The van der Waals surface area contributed by atoms with Gasteiger partial charge in [0.15, 0.2) is 17.3 Å².